The van der Waals surface area contributed by atoms with Crippen LogP contribution in [-0.2, 0) is 32.7 Å². The predicted octanol–water partition coefficient (Wildman–Crippen LogP) is 8.83. The summed E-state index contributed by atoms with van der Waals surface area (Å²) in [5, 5.41) is 50.1. The topological polar surface area (TPSA) is 210 Å². The van der Waals surface area contributed by atoms with Crippen molar-refractivity contribution in [2.75, 3.05) is 13.2 Å². The number of phosphoric ester groups is 1. The molecule has 6 N–H and O–H groups in total. The van der Waals surface area contributed by atoms with Crippen molar-refractivity contribution in [2.24, 2.45) is 0 Å². The second-order valence-electron chi connectivity index (χ2n) is 15.2. The van der Waals surface area contributed by atoms with Gasteiger partial charge in [0, 0.05) is 12.8 Å². The number of carbonyl (C=O) groups is 2. The number of unbranched alkanes of at least 4 members (excludes halogenated alkanes) is 5. The molecule has 1 saturated carbocycles. The first-order valence-electron chi connectivity index (χ1n) is 22.7. The van der Waals surface area contributed by atoms with E-state index in [-0.39, 0.29) is 12.8 Å². The van der Waals surface area contributed by atoms with Crippen LogP contribution in [0.25, 0.3) is 0 Å². The number of aliphatic hydroxyl groups is 5. The maximum Gasteiger partial charge on any atom is 0.472 e. The summed E-state index contributed by atoms with van der Waals surface area (Å²) in [7, 11) is -5.15. The molecular formula is C49H77O13P. The molecule has 0 bridgehead atoms. The maximum atomic E-state index is 12.8. The van der Waals surface area contributed by atoms with Gasteiger partial charge in [-0.2, -0.15) is 0 Å². The van der Waals surface area contributed by atoms with Crippen LogP contribution < -0.4 is 0 Å². The van der Waals surface area contributed by atoms with Crippen molar-refractivity contribution in [3.63, 3.8) is 0 Å². The summed E-state index contributed by atoms with van der Waals surface area (Å²) in [5.74, 6) is -1.26. The van der Waals surface area contributed by atoms with Crippen LogP contribution in [0.4, 0.5) is 0 Å². The van der Waals surface area contributed by atoms with Crippen LogP contribution >= 0.6 is 7.82 Å². The molecule has 8 atom stereocenters. The fraction of sp³-hybridized carbons (Fsp3) is 0.592. The lowest BCUT2D eigenvalue weighted by Gasteiger charge is -2.41. The first-order chi connectivity index (χ1) is 30.4. The zero-order valence-corrected chi connectivity index (χ0v) is 38.5. The van der Waals surface area contributed by atoms with E-state index in [4.69, 9.17) is 18.5 Å². The predicted molar refractivity (Wildman–Crippen MR) is 248 cm³/mol. The molecule has 0 saturated heterocycles. The number of ether oxygens (including phenoxy) is 2. The van der Waals surface area contributed by atoms with Crippen LogP contribution in [0.1, 0.15) is 129 Å². The third kappa shape index (κ3) is 30.3. The van der Waals surface area contributed by atoms with Gasteiger partial charge in [-0.05, 0) is 89.9 Å². The Morgan fingerprint density at radius 3 is 1.38 bits per heavy atom. The highest BCUT2D eigenvalue weighted by Gasteiger charge is 2.51. The number of rotatable bonds is 35. The number of hydrogen-bond acceptors (Lipinski definition) is 12. The third-order valence-corrected chi connectivity index (χ3v) is 10.6. The van der Waals surface area contributed by atoms with E-state index >= 15 is 0 Å². The molecule has 1 fully saturated rings. The van der Waals surface area contributed by atoms with Crippen molar-refractivity contribution >= 4 is 19.8 Å². The van der Waals surface area contributed by atoms with Crippen molar-refractivity contribution in [1.82, 2.24) is 0 Å². The SMILES string of the molecule is CC/C=C/C/C=C/C/C=C/C/C=C/CCCCC(=O)O[C@@H](COC(=O)CC/C=C/C/C=C/C/C=C/C/C=C/C/C=C/CCCCC)COP(=O)(O)OC1C(O)C(O)C(O)[C@H](O)C1O. The van der Waals surface area contributed by atoms with Crippen LogP contribution in [0.2, 0.25) is 0 Å². The highest BCUT2D eigenvalue weighted by atomic mass is 31.2. The summed E-state index contributed by atoms with van der Waals surface area (Å²) >= 11 is 0. The number of aliphatic hydroxyl groups excluding tert-OH is 5. The zero-order chi connectivity index (χ0) is 46.4. The van der Waals surface area contributed by atoms with Gasteiger partial charge in [0.1, 0.15) is 43.2 Å². The van der Waals surface area contributed by atoms with Gasteiger partial charge in [-0.25, -0.2) is 4.57 Å². The van der Waals surface area contributed by atoms with Gasteiger partial charge in [0.25, 0.3) is 0 Å². The zero-order valence-electron chi connectivity index (χ0n) is 37.6. The molecule has 0 heterocycles. The normalized spacial score (nSPS) is 22.7. The quantitative estimate of drug-likeness (QED) is 0.0152. The van der Waals surface area contributed by atoms with E-state index in [1.54, 1.807) is 0 Å². The number of hydrogen-bond donors (Lipinski definition) is 6. The van der Waals surface area contributed by atoms with E-state index in [1.807, 2.05) is 24.3 Å². The lowest BCUT2D eigenvalue weighted by atomic mass is 9.85. The minimum absolute atomic E-state index is 0.0219. The largest absolute Gasteiger partial charge is 0.472 e. The molecule has 0 aliphatic heterocycles. The third-order valence-electron chi connectivity index (χ3n) is 9.61. The average molecular weight is 905 g/mol. The molecule has 0 aromatic carbocycles. The van der Waals surface area contributed by atoms with Crippen molar-refractivity contribution in [3.8, 4) is 0 Å². The fourth-order valence-electron chi connectivity index (χ4n) is 5.96. The van der Waals surface area contributed by atoms with Crippen molar-refractivity contribution in [1.29, 1.82) is 0 Å². The second kappa shape index (κ2) is 37.8. The summed E-state index contributed by atoms with van der Waals surface area (Å²) in [6.07, 6.45) is 38.7. The van der Waals surface area contributed by atoms with Crippen LogP contribution in [0.5, 0.6) is 0 Å². The number of phosphoric acid groups is 1. The Labute approximate surface area is 376 Å². The standard InChI is InChI=1S/C49H77O13P/c1-3-5-7-9-11-13-15-17-19-20-21-22-24-25-27-29-31-33-35-37-42(50)59-39-41(40-60-63(57,58)62-49-47(55)45(53)44(52)46(54)48(49)56)61-43(51)38-36-34-32-30-28-26-23-18-16-14-12-10-8-6-4-2/h6,8,11-14,17-19,21-23,25,27-28,30-31,33,41,44-49,52-56H,3-5,7,9-10,15-16,20,24,26,29,32,34-40H2,1-2H3,(H,57,58)/b8-6+,13-11+,14-12+,19-17+,22-21+,23-18+,27-25+,30-28+,33-31+/t41-,44?,45-,46?,47?,48?,49?/m0/s1. The first kappa shape index (κ1) is 57.5. The second-order valence-corrected chi connectivity index (χ2v) is 16.6. The molecule has 0 amide bonds. The molecule has 6 unspecified atom stereocenters. The number of carbonyl (C=O) groups excluding carboxylic acids is 2. The maximum absolute atomic E-state index is 12.8. The molecule has 63 heavy (non-hydrogen) atoms. The average Bonchev–Trinajstić information content (AvgIpc) is 3.26. The Hall–Kier alpha value is -3.49. The molecule has 1 aliphatic rings. The van der Waals surface area contributed by atoms with Gasteiger partial charge in [0.15, 0.2) is 6.10 Å². The number of esters is 2. The molecule has 0 radical (unpaired) electrons. The van der Waals surface area contributed by atoms with Gasteiger partial charge < -0.3 is 39.9 Å². The van der Waals surface area contributed by atoms with E-state index in [0.29, 0.717) is 25.7 Å². The first-order valence-corrected chi connectivity index (χ1v) is 24.2. The summed E-state index contributed by atoms with van der Waals surface area (Å²) in [5.41, 5.74) is 0. The van der Waals surface area contributed by atoms with Crippen LogP contribution in [0.3, 0.4) is 0 Å². The van der Waals surface area contributed by atoms with E-state index in [9.17, 15) is 44.6 Å². The van der Waals surface area contributed by atoms with Gasteiger partial charge in [-0.15, -0.1) is 0 Å². The molecule has 1 aliphatic carbocycles. The molecule has 14 heteroatoms. The Kier molecular flexibility index (Phi) is 34.6. The molecule has 13 nitrogen and oxygen atoms in total. The minimum Gasteiger partial charge on any atom is -0.462 e. The van der Waals surface area contributed by atoms with E-state index in [0.717, 1.165) is 57.8 Å². The molecule has 0 aromatic heterocycles. The molecule has 0 aromatic rings. The molecular weight excluding hydrogens is 828 g/mol. The highest BCUT2D eigenvalue weighted by molar-refractivity contribution is 7.47. The Morgan fingerprint density at radius 2 is 0.921 bits per heavy atom. The Morgan fingerprint density at radius 1 is 0.508 bits per heavy atom. The summed E-state index contributed by atoms with van der Waals surface area (Å²) in [4.78, 5) is 35.6. The number of allylic oxidation sites excluding steroid dienone is 18. The Bertz CT molecular complexity index is 1510. The van der Waals surface area contributed by atoms with Crippen molar-refractivity contribution in [2.45, 2.75) is 172 Å². The fourth-order valence-corrected chi connectivity index (χ4v) is 6.94. The Balaban J connectivity index is 2.56. The van der Waals surface area contributed by atoms with Crippen LogP contribution in [0, 0.1) is 0 Å². The van der Waals surface area contributed by atoms with Gasteiger partial charge in [-0.3, -0.25) is 18.6 Å². The van der Waals surface area contributed by atoms with Gasteiger partial charge in [0.2, 0.25) is 0 Å². The van der Waals surface area contributed by atoms with Crippen LogP contribution in [-0.4, -0.2) is 98.3 Å². The summed E-state index contributed by atoms with van der Waals surface area (Å²) in [6.45, 7) is 3.03. The lowest BCUT2D eigenvalue weighted by molar-refractivity contribution is -0.220. The molecule has 356 valence electrons. The lowest BCUT2D eigenvalue weighted by Crippen LogP contribution is -2.64. The van der Waals surface area contributed by atoms with Crippen molar-refractivity contribution in [3.05, 3.63) is 109 Å². The van der Waals surface area contributed by atoms with E-state index < -0.39 is 75.7 Å². The van der Waals surface area contributed by atoms with E-state index in [1.165, 1.54) is 19.3 Å². The summed E-state index contributed by atoms with van der Waals surface area (Å²) in [6, 6.07) is 0. The monoisotopic (exact) mass is 905 g/mol. The van der Waals surface area contributed by atoms with Crippen LogP contribution in [0.15, 0.2) is 109 Å². The van der Waals surface area contributed by atoms with Gasteiger partial charge in [-0.1, -0.05) is 136 Å². The molecule has 1 rings (SSSR count). The highest BCUT2D eigenvalue weighted by Crippen LogP contribution is 2.47. The summed E-state index contributed by atoms with van der Waals surface area (Å²) < 4.78 is 33.4. The molecule has 0 spiro atoms. The minimum atomic E-state index is -5.15. The van der Waals surface area contributed by atoms with Gasteiger partial charge >= 0.3 is 19.8 Å². The van der Waals surface area contributed by atoms with Gasteiger partial charge in [0.05, 0.1) is 6.61 Å². The van der Waals surface area contributed by atoms with Crippen molar-refractivity contribution < 1.29 is 63.1 Å². The smallest absolute Gasteiger partial charge is 0.462 e. The van der Waals surface area contributed by atoms with E-state index in [2.05, 4.69) is 98.9 Å².